The van der Waals surface area contributed by atoms with Crippen LogP contribution in [0, 0.1) is 13.8 Å². The van der Waals surface area contributed by atoms with E-state index in [0.717, 1.165) is 23.4 Å². The van der Waals surface area contributed by atoms with Crippen molar-refractivity contribution in [3.05, 3.63) is 34.8 Å². The highest BCUT2D eigenvalue weighted by atomic mass is 16.1. The van der Waals surface area contributed by atoms with Crippen molar-refractivity contribution in [3.8, 4) is 5.82 Å². The predicted molar refractivity (Wildman–Crippen MR) is 73.1 cm³/mol. The van der Waals surface area contributed by atoms with Crippen molar-refractivity contribution in [1.29, 1.82) is 0 Å². The van der Waals surface area contributed by atoms with E-state index < -0.39 is 5.91 Å². The van der Waals surface area contributed by atoms with E-state index in [1.807, 2.05) is 13.8 Å². The Bertz CT molecular complexity index is 645. The SMILES string of the molecule is CCc1c(C)nn(-c2nc(C(N)=O)ccc2N)c1C. The van der Waals surface area contributed by atoms with Crippen LogP contribution in [0.2, 0.25) is 0 Å². The second-order valence-corrected chi connectivity index (χ2v) is 4.39. The third kappa shape index (κ3) is 2.16. The zero-order valence-electron chi connectivity index (χ0n) is 11.3. The van der Waals surface area contributed by atoms with Gasteiger partial charge in [-0.15, -0.1) is 0 Å². The first kappa shape index (κ1) is 13.1. The molecule has 0 aliphatic carbocycles. The number of primary amides is 1. The number of nitrogen functional groups attached to an aromatic ring is 1. The maximum atomic E-state index is 11.2. The summed E-state index contributed by atoms with van der Waals surface area (Å²) in [6, 6.07) is 3.12. The smallest absolute Gasteiger partial charge is 0.267 e. The van der Waals surface area contributed by atoms with Crippen molar-refractivity contribution in [2.75, 3.05) is 5.73 Å². The molecule has 0 fully saturated rings. The summed E-state index contributed by atoms with van der Waals surface area (Å²) in [5.74, 6) is -0.143. The molecule has 0 unspecified atom stereocenters. The Kier molecular flexibility index (Phi) is 3.25. The molecule has 2 aromatic rings. The van der Waals surface area contributed by atoms with Crippen LogP contribution < -0.4 is 11.5 Å². The fourth-order valence-electron chi connectivity index (χ4n) is 2.16. The summed E-state index contributed by atoms with van der Waals surface area (Å²) in [5.41, 5.74) is 14.9. The van der Waals surface area contributed by atoms with Gasteiger partial charge in [0.2, 0.25) is 0 Å². The highest BCUT2D eigenvalue weighted by molar-refractivity contribution is 5.91. The number of rotatable bonds is 3. The number of carbonyl (C=O) groups is 1. The number of nitrogens with two attached hydrogens (primary N) is 2. The molecule has 6 heteroatoms. The van der Waals surface area contributed by atoms with Gasteiger partial charge in [-0.05, 0) is 38.0 Å². The summed E-state index contributed by atoms with van der Waals surface area (Å²) in [6.45, 7) is 5.96. The monoisotopic (exact) mass is 259 g/mol. The van der Waals surface area contributed by atoms with Gasteiger partial charge in [0.1, 0.15) is 5.69 Å². The number of aromatic nitrogens is 3. The normalized spacial score (nSPS) is 10.7. The quantitative estimate of drug-likeness (QED) is 0.862. The molecule has 0 radical (unpaired) electrons. The minimum Gasteiger partial charge on any atom is -0.396 e. The third-order valence-corrected chi connectivity index (χ3v) is 3.15. The lowest BCUT2D eigenvalue weighted by molar-refractivity contribution is 0.0995. The Morgan fingerprint density at radius 3 is 2.58 bits per heavy atom. The molecule has 0 atom stereocenters. The van der Waals surface area contributed by atoms with Gasteiger partial charge in [0.25, 0.3) is 5.91 Å². The lowest BCUT2D eigenvalue weighted by Gasteiger charge is -2.08. The average Bonchev–Trinajstić information content (AvgIpc) is 2.64. The largest absolute Gasteiger partial charge is 0.396 e. The van der Waals surface area contributed by atoms with Crippen LogP contribution in [-0.4, -0.2) is 20.7 Å². The average molecular weight is 259 g/mol. The van der Waals surface area contributed by atoms with Crippen LogP contribution in [0.5, 0.6) is 0 Å². The molecule has 1 amide bonds. The molecule has 2 aromatic heterocycles. The van der Waals surface area contributed by atoms with Crippen molar-refractivity contribution in [2.24, 2.45) is 5.73 Å². The Balaban J connectivity index is 2.64. The van der Waals surface area contributed by atoms with Gasteiger partial charge in [0.05, 0.1) is 11.4 Å². The molecule has 0 spiro atoms. The van der Waals surface area contributed by atoms with Gasteiger partial charge in [-0.25, -0.2) is 9.67 Å². The fraction of sp³-hybridized carbons (Fsp3) is 0.308. The molecule has 0 aromatic carbocycles. The number of nitrogens with zero attached hydrogens (tertiary/aromatic N) is 3. The number of hydrogen-bond donors (Lipinski definition) is 2. The Hall–Kier alpha value is -2.37. The van der Waals surface area contributed by atoms with Crippen LogP contribution in [0.3, 0.4) is 0 Å². The van der Waals surface area contributed by atoms with Crippen LogP contribution in [0.4, 0.5) is 5.69 Å². The van der Waals surface area contributed by atoms with Crippen molar-refractivity contribution in [1.82, 2.24) is 14.8 Å². The van der Waals surface area contributed by atoms with Crippen molar-refractivity contribution < 1.29 is 4.79 Å². The van der Waals surface area contributed by atoms with E-state index in [9.17, 15) is 4.79 Å². The highest BCUT2D eigenvalue weighted by Gasteiger charge is 2.15. The summed E-state index contributed by atoms with van der Waals surface area (Å²) in [6.07, 6.45) is 0.882. The first-order chi connectivity index (χ1) is 8.95. The molecule has 6 nitrogen and oxygen atoms in total. The molecule has 19 heavy (non-hydrogen) atoms. The molecule has 0 saturated heterocycles. The summed E-state index contributed by atoms with van der Waals surface area (Å²) in [7, 11) is 0. The third-order valence-electron chi connectivity index (χ3n) is 3.15. The van der Waals surface area contributed by atoms with E-state index in [0.29, 0.717) is 11.5 Å². The van der Waals surface area contributed by atoms with E-state index in [4.69, 9.17) is 11.5 Å². The standard InChI is InChI=1S/C13H17N5O/c1-4-9-7(2)17-18(8(9)3)13-10(14)5-6-11(16-13)12(15)19/h5-6H,4,14H2,1-3H3,(H2,15,19). The first-order valence-corrected chi connectivity index (χ1v) is 6.07. The lowest BCUT2D eigenvalue weighted by Crippen LogP contribution is -2.16. The summed E-state index contributed by atoms with van der Waals surface area (Å²) in [5, 5.41) is 4.43. The summed E-state index contributed by atoms with van der Waals surface area (Å²) >= 11 is 0. The minimum atomic E-state index is -0.585. The van der Waals surface area contributed by atoms with Gasteiger partial charge >= 0.3 is 0 Å². The molecule has 0 bridgehead atoms. The summed E-state index contributed by atoms with van der Waals surface area (Å²) < 4.78 is 1.66. The second kappa shape index (κ2) is 4.72. The van der Waals surface area contributed by atoms with Gasteiger partial charge < -0.3 is 11.5 Å². The number of hydrogen-bond acceptors (Lipinski definition) is 4. The Morgan fingerprint density at radius 2 is 2.05 bits per heavy atom. The molecule has 0 saturated carbocycles. The van der Waals surface area contributed by atoms with E-state index in [1.54, 1.807) is 10.7 Å². The van der Waals surface area contributed by atoms with E-state index in [2.05, 4.69) is 17.0 Å². The molecular weight excluding hydrogens is 242 g/mol. The topological polar surface area (TPSA) is 99.8 Å². The number of aryl methyl sites for hydroxylation is 1. The molecule has 4 N–H and O–H groups in total. The van der Waals surface area contributed by atoms with Crippen molar-refractivity contribution in [3.63, 3.8) is 0 Å². The zero-order valence-corrected chi connectivity index (χ0v) is 11.3. The number of pyridine rings is 1. The second-order valence-electron chi connectivity index (χ2n) is 4.39. The van der Waals surface area contributed by atoms with Gasteiger partial charge in [0.15, 0.2) is 5.82 Å². The fourth-order valence-corrected chi connectivity index (χ4v) is 2.16. The van der Waals surface area contributed by atoms with Crippen molar-refractivity contribution >= 4 is 11.6 Å². The number of anilines is 1. The van der Waals surface area contributed by atoms with Crippen molar-refractivity contribution in [2.45, 2.75) is 27.2 Å². The van der Waals surface area contributed by atoms with E-state index >= 15 is 0 Å². The lowest BCUT2D eigenvalue weighted by atomic mass is 10.1. The van der Waals surface area contributed by atoms with Crippen LogP contribution in [0.25, 0.3) is 5.82 Å². The van der Waals surface area contributed by atoms with Gasteiger partial charge in [-0.1, -0.05) is 6.92 Å². The molecule has 100 valence electrons. The Labute approximate surface area is 111 Å². The number of amides is 1. The van der Waals surface area contributed by atoms with Crippen LogP contribution in [0.15, 0.2) is 12.1 Å². The maximum absolute atomic E-state index is 11.2. The number of carbonyl (C=O) groups excluding carboxylic acids is 1. The van der Waals surface area contributed by atoms with Crippen LogP contribution in [-0.2, 0) is 6.42 Å². The minimum absolute atomic E-state index is 0.176. The highest BCUT2D eigenvalue weighted by Crippen LogP contribution is 2.21. The molecule has 2 heterocycles. The van der Waals surface area contributed by atoms with Gasteiger partial charge in [-0.2, -0.15) is 5.10 Å². The molecular formula is C13H17N5O. The summed E-state index contributed by atoms with van der Waals surface area (Å²) in [4.78, 5) is 15.4. The van der Waals surface area contributed by atoms with Gasteiger partial charge in [0, 0.05) is 5.69 Å². The Morgan fingerprint density at radius 1 is 1.37 bits per heavy atom. The zero-order chi connectivity index (χ0) is 14.2. The van der Waals surface area contributed by atoms with Gasteiger partial charge in [-0.3, -0.25) is 4.79 Å². The van der Waals surface area contributed by atoms with Crippen LogP contribution in [0.1, 0.15) is 34.4 Å². The molecule has 2 rings (SSSR count). The molecule has 0 aliphatic heterocycles. The van der Waals surface area contributed by atoms with E-state index in [1.165, 1.54) is 6.07 Å². The maximum Gasteiger partial charge on any atom is 0.267 e. The molecule has 0 aliphatic rings. The van der Waals surface area contributed by atoms with E-state index in [-0.39, 0.29) is 5.69 Å². The first-order valence-electron chi connectivity index (χ1n) is 6.07. The predicted octanol–water partition coefficient (Wildman–Crippen LogP) is 1.13. The van der Waals surface area contributed by atoms with Crippen LogP contribution >= 0.6 is 0 Å².